The van der Waals surface area contributed by atoms with Gasteiger partial charge in [-0.1, -0.05) is 0 Å². The molecule has 0 spiro atoms. The zero-order chi connectivity index (χ0) is 11.3. The number of nitrogens with one attached hydrogen (secondary N) is 1. The first-order valence-corrected chi connectivity index (χ1v) is 4.46. The maximum absolute atomic E-state index is 11.2. The number of rotatable bonds is 5. The third-order valence-corrected chi connectivity index (χ3v) is 1.71. The third-order valence-electron chi connectivity index (χ3n) is 1.71. The van der Waals surface area contributed by atoms with Crippen LogP contribution >= 0.6 is 0 Å². The Morgan fingerprint density at radius 1 is 1.73 bits per heavy atom. The van der Waals surface area contributed by atoms with E-state index in [-0.39, 0.29) is 25.6 Å². The molecular formula is C8H14N4O3. The first-order chi connectivity index (χ1) is 7.11. The van der Waals surface area contributed by atoms with E-state index in [0.717, 1.165) is 0 Å². The summed E-state index contributed by atoms with van der Waals surface area (Å²) in [6.45, 7) is -0.323. The summed E-state index contributed by atoms with van der Waals surface area (Å²) in [7, 11) is 0. The van der Waals surface area contributed by atoms with E-state index < -0.39 is 6.10 Å². The first kappa shape index (κ1) is 11.5. The van der Waals surface area contributed by atoms with Gasteiger partial charge >= 0.3 is 0 Å². The number of anilines is 1. The molecule has 0 aliphatic carbocycles. The van der Waals surface area contributed by atoms with Gasteiger partial charge in [0, 0.05) is 12.7 Å². The topological polar surface area (TPSA) is 113 Å². The third kappa shape index (κ3) is 3.96. The number of carbonyl (C=O) groups is 1. The van der Waals surface area contributed by atoms with Crippen molar-refractivity contribution in [2.45, 2.75) is 12.6 Å². The van der Waals surface area contributed by atoms with Crippen LogP contribution in [0.3, 0.4) is 0 Å². The highest BCUT2D eigenvalue weighted by Crippen LogP contribution is 1.94. The van der Waals surface area contributed by atoms with Crippen LogP contribution in [-0.2, 0) is 11.3 Å². The van der Waals surface area contributed by atoms with Crippen molar-refractivity contribution in [3.05, 3.63) is 12.3 Å². The molecular weight excluding hydrogens is 200 g/mol. The molecule has 1 amide bonds. The summed E-state index contributed by atoms with van der Waals surface area (Å²) in [5.74, 6) is 0.0452. The van der Waals surface area contributed by atoms with E-state index in [1.165, 1.54) is 4.68 Å². The number of hydrogen-bond donors (Lipinski definition) is 4. The Hall–Kier alpha value is -1.60. The number of hydrogen-bond acceptors (Lipinski definition) is 5. The molecule has 15 heavy (non-hydrogen) atoms. The van der Waals surface area contributed by atoms with Crippen LogP contribution < -0.4 is 11.1 Å². The van der Waals surface area contributed by atoms with Crippen molar-refractivity contribution in [3.63, 3.8) is 0 Å². The maximum atomic E-state index is 11.2. The standard InChI is InChI=1S/C8H14N4O3/c9-7-1-2-12(11-7)4-8(15)10-3-6(14)5-13/h1-2,6,13-14H,3-5H2,(H2,9,11)(H,10,15). The summed E-state index contributed by atoms with van der Waals surface area (Å²) in [6, 6.07) is 1.58. The molecule has 5 N–H and O–H groups in total. The van der Waals surface area contributed by atoms with Crippen LogP contribution in [0, 0.1) is 0 Å². The van der Waals surface area contributed by atoms with Crippen molar-refractivity contribution >= 4 is 11.7 Å². The number of nitrogens with two attached hydrogens (primary N) is 1. The number of aliphatic hydroxyl groups excluding tert-OH is 2. The molecule has 0 radical (unpaired) electrons. The average Bonchev–Trinajstić information content (AvgIpc) is 2.60. The molecule has 0 bridgehead atoms. The van der Waals surface area contributed by atoms with Crippen LogP contribution in [0.4, 0.5) is 5.82 Å². The van der Waals surface area contributed by atoms with Crippen molar-refractivity contribution in [3.8, 4) is 0 Å². The Labute approximate surface area is 86.5 Å². The minimum atomic E-state index is -0.934. The van der Waals surface area contributed by atoms with Crippen LogP contribution in [0.5, 0.6) is 0 Å². The van der Waals surface area contributed by atoms with Gasteiger partial charge in [0.1, 0.15) is 12.4 Å². The summed E-state index contributed by atoms with van der Waals surface area (Å²) in [5, 5.41) is 23.7. The van der Waals surface area contributed by atoms with E-state index >= 15 is 0 Å². The highest BCUT2D eigenvalue weighted by molar-refractivity contribution is 5.75. The molecule has 1 atom stereocenters. The molecule has 84 valence electrons. The van der Waals surface area contributed by atoms with Crippen molar-refractivity contribution in [2.75, 3.05) is 18.9 Å². The van der Waals surface area contributed by atoms with E-state index in [1.807, 2.05) is 0 Å². The fourth-order valence-corrected chi connectivity index (χ4v) is 0.965. The summed E-state index contributed by atoms with van der Waals surface area (Å²) >= 11 is 0. The van der Waals surface area contributed by atoms with E-state index in [1.54, 1.807) is 12.3 Å². The monoisotopic (exact) mass is 214 g/mol. The quantitative estimate of drug-likeness (QED) is 0.450. The van der Waals surface area contributed by atoms with E-state index in [2.05, 4.69) is 10.4 Å². The molecule has 7 nitrogen and oxygen atoms in total. The predicted molar refractivity (Wildman–Crippen MR) is 52.7 cm³/mol. The Morgan fingerprint density at radius 3 is 3.00 bits per heavy atom. The largest absolute Gasteiger partial charge is 0.394 e. The van der Waals surface area contributed by atoms with Crippen molar-refractivity contribution in [1.82, 2.24) is 15.1 Å². The van der Waals surface area contributed by atoms with Gasteiger partial charge in [0.2, 0.25) is 5.91 Å². The lowest BCUT2D eigenvalue weighted by atomic mass is 10.4. The van der Waals surface area contributed by atoms with E-state index in [4.69, 9.17) is 15.9 Å². The van der Waals surface area contributed by atoms with E-state index in [9.17, 15) is 4.79 Å². The van der Waals surface area contributed by atoms with Gasteiger partial charge in [-0.15, -0.1) is 0 Å². The van der Waals surface area contributed by atoms with Gasteiger partial charge in [-0.05, 0) is 6.07 Å². The fraction of sp³-hybridized carbons (Fsp3) is 0.500. The van der Waals surface area contributed by atoms with Crippen molar-refractivity contribution in [2.24, 2.45) is 0 Å². The molecule has 1 aromatic rings. The molecule has 0 saturated heterocycles. The smallest absolute Gasteiger partial charge is 0.241 e. The summed E-state index contributed by atoms with van der Waals surface area (Å²) in [6.07, 6.45) is 0.647. The highest BCUT2D eigenvalue weighted by Gasteiger charge is 2.06. The summed E-state index contributed by atoms with van der Waals surface area (Å²) < 4.78 is 1.38. The molecule has 0 fully saturated rings. The lowest BCUT2D eigenvalue weighted by Gasteiger charge is -2.08. The van der Waals surface area contributed by atoms with Gasteiger partial charge in [-0.25, -0.2) is 0 Å². The van der Waals surface area contributed by atoms with Crippen LogP contribution in [0.25, 0.3) is 0 Å². The van der Waals surface area contributed by atoms with Gasteiger partial charge in [-0.2, -0.15) is 5.10 Å². The van der Waals surface area contributed by atoms with E-state index in [0.29, 0.717) is 5.82 Å². The second kappa shape index (κ2) is 5.32. The lowest BCUT2D eigenvalue weighted by Crippen LogP contribution is -2.35. The number of carbonyl (C=O) groups excluding carboxylic acids is 1. The number of nitrogens with zero attached hydrogens (tertiary/aromatic N) is 2. The summed E-state index contributed by atoms with van der Waals surface area (Å²) in [4.78, 5) is 11.2. The van der Waals surface area contributed by atoms with Crippen LogP contribution in [0.2, 0.25) is 0 Å². The number of aromatic nitrogens is 2. The zero-order valence-corrected chi connectivity index (χ0v) is 8.13. The van der Waals surface area contributed by atoms with Gasteiger partial charge in [-0.3, -0.25) is 9.48 Å². The van der Waals surface area contributed by atoms with Crippen molar-refractivity contribution < 1.29 is 15.0 Å². The summed E-state index contributed by atoms with van der Waals surface area (Å²) in [5.41, 5.74) is 5.36. The lowest BCUT2D eigenvalue weighted by molar-refractivity contribution is -0.122. The first-order valence-electron chi connectivity index (χ1n) is 4.46. The SMILES string of the molecule is Nc1ccn(CC(=O)NCC(O)CO)n1. The highest BCUT2D eigenvalue weighted by atomic mass is 16.3. The molecule has 0 aliphatic heterocycles. The molecule has 1 aromatic heterocycles. The second-order valence-electron chi connectivity index (χ2n) is 3.08. The Bertz CT molecular complexity index is 325. The molecule has 0 saturated carbocycles. The minimum absolute atomic E-state index is 0.0199. The Morgan fingerprint density at radius 2 is 2.47 bits per heavy atom. The number of amides is 1. The predicted octanol–water partition coefficient (Wildman–Crippen LogP) is -2.07. The number of aliphatic hydroxyl groups is 2. The van der Waals surface area contributed by atoms with Gasteiger partial charge in [0.25, 0.3) is 0 Å². The molecule has 0 aromatic carbocycles. The Balaban J connectivity index is 2.30. The second-order valence-corrected chi connectivity index (χ2v) is 3.08. The molecule has 1 heterocycles. The molecule has 1 unspecified atom stereocenters. The Kier molecular flexibility index (Phi) is 4.07. The fourth-order valence-electron chi connectivity index (χ4n) is 0.965. The van der Waals surface area contributed by atoms with Crippen LogP contribution in [-0.4, -0.2) is 45.2 Å². The average molecular weight is 214 g/mol. The molecule has 7 heteroatoms. The van der Waals surface area contributed by atoms with Gasteiger partial charge in [0.05, 0.1) is 12.7 Å². The van der Waals surface area contributed by atoms with Gasteiger partial charge in [0.15, 0.2) is 0 Å². The van der Waals surface area contributed by atoms with Crippen LogP contribution in [0.15, 0.2) is 12.3 Å². The molecule has 0 aliphatic rings. The van der Waals surface area contributed by atoms with Crippen molar-refractivity contribution in [1.29, 1.82) is 0 Å². The van der Waals surface area contributed by atoms with Gasteiger partial charge < -0.3 is 21.3 Å². The van der Waals surface area contributed by atoms with Crippen LogP contribution in [0.1, 0.15) is 0 Å². The maximum Gasteiger partial charge on any atom is 0.241 e. The molecule has 1 rings (SSSR count). The normalized spacial score (nSPS) is 12.4. The number of nitrogen functional groups attached to an aromatic ring is 1. The zero-order valence-electron chi connectivity index (χ0n) is 8.13. The minimum Gasteiger partial charge on any atom is -0.394 e.